The lowest BCUT2D eigenvalue weighted by Gasteiger charge is -2.05. The molecule has 0 spiro atoms. The number of hydrogen-bond acceptors (Lipinski definition) is 2. The first-order valence-corrected chi connectivity index (χ1v) is 9.81. The molecule has 0 fully saturated rings. The van der Waals surface area contributed by atoms with Crippen molar-refractivity contribution in [1.29, 1.82) is 0 Å². The summed E-state index contributed by atoms with van der Waals surface area (Å²) in [7, 11) is 0. The molecule has 1 aromatic rings. The molecule has 2 nitrogen and oxygen atoms in total. The normalized spacial score (nSPS) is 11.0. The molecule has 0 aliphatic carbocycles. The average Bonchev–Trinajstić information content (AvgIpc) is 2.55. The Labute approximate surface area is 143 Å². The van der Waals surface area contributed by atoms with E-state index in [4.69, 9.17) is 5.73 Å². The van der Waals surface area contributed by atoms with Crippen molar-refractivity contribution in [1.82, 2.24) is 0 Å². The van der Waals surface area contributed by atoms with Gasteiger partial charge in [-0.25, -0.2) is 0 Å². The molecule has 3 N–H and O–H groups in total. The molecule has 2 heteroatoms. The summed E-state index contributed by atoms with van der Waals surface area (Å²) in [6.07, 6.45) is 19.0. The van der Waals surface area contributed by atoms with Crippen molar-refractivity contribution in [3.8, 4) is 5.75 Å². The van der Waals surface area contributed by atoms with Crippen LogP contribution in [0.5, 0.6) is 5.75 Å². The highest BCUT2D eigenvalue weighted by atomic mass is 16.3. The van der Waals surface area contributed by atoms with E-state index in [9.17, 15) is 5.11 Å². The van der Waals surface area contributed by atoms with Crippen LogP contribution in [-0.2, 0) is 6.42 Å². The molecule has 0 aromatic heterocycles. The second kappa shape index (κ2) is 13.3. The van der Waals surface area contributed by atoms with Crippen LogP contribution < -0.4 is 5.73 Å². The zero-order chi connectivity index (χ0) is 16.8. The van der Waals surface area contributed by atoms with Crippen molar-refractivity contribution >= 4 is 5.69 Å². The van der Waals surface area contributed by atoms with E-state index < -0.39 is 0 Å². The molecule has 0 unspecified atom stereocenters. The Balaban J connectivity index is 1.85. The second-order valence-electron chi connectivity index (χ2n) is 6.89. The SMILES string of the molecule is CCCCCCCCCCCCCCCc1ccc(N)c(O)c1. The molecule has 0 aliphatic heterocycles. The summed E-state index contributed by atoms with van der Waals surface area (Å²) in [5.41, 5.74) is 7.28. The van der Waals surface area contributed by atoms with E-state index in [1.165, 1.54) is 89.0 Å². The van der Waals surface area contributed by atoms with Gasteiger partial charge in [0.05, 0.1) is 5.69 Å². The number of nitrogen functional groups attached to an aromatic ring is 1. The molecule has 0 radical (unpaired) electrons. The second-order valence-corrected chi connectivity index (χ2v) is 6.89. The third-order valence-corrected chi connectivity index (χ3v) is 4.66. The molecule has 0 bridgehead atoms. The van der Waals surface area contributed by atoms with Gasteiger partial charge >= 0.3 is 0 Å². The maximum atomic E-state index is 9.58. The van der Waals surface area contributed by atoms with Gasteiger partial charge in [0.2, 0.25) is 0 Å². The van der Waals surface area contributed by atoms with Crippen molar-refractivity contribution < 1.29 is 5.11 Å². The molecule has 23 heavy (non-hydrogen) atoms. The number of anilines is 1. The van der Waals surface area contributed by atoms with Crippen molar-refractivity contribution in [3.05, 3.63) is 23.8 Å². The third kappa shape index (κ3) is 10.3. The van der Waals surface area contributed by atoms with Gasteiger partial charge in [0.15, 0.2) is 0 Å². The largest absolute Gasteiger partial charge is 0.506 e. The zero-order valence-electron chi connectivity index (χ0n) is 15.2. The van der Waals surface area contributed by atoms with Crippen molar-refractivity contribution in [2.45, 2.75) is 96.8 Å². The Morgan fingerprint density at radius 1 is 0.739 bits per heavy atom. The van der Waals surface area contributed by atoms with E-state index >= 15 is 0 Å². The summed E-state index contributed by atoms with van der Waals surface area (Å²) in [5.74, 6) is 0.220. The first kappa shape index (κ1) is 19.9. The van der Waals surface area contributed by atoms with Crippen LogP contribution in [0.2, 0.25) is 0 Å². The molecule has 1 aromatic carbocycles. The van der Waals surface area contributed by atoms with Gasteiger partial charge in [-0.05, 0) is 30.5 Å². The monoisotopic (exact) mass is 319 g/mol. The van der Waals surface area contributed by atoms with Crippen LogP contribution in [0.1, 0.15) is 96.0 Å². The lowest BCUT2D eigenvalue weighted by atomic mass is 10.0. The van der Waals surface area contributed by atoms with Crippen molar-refractivity contribution in [3.63, 3.8) is 0 Å². The predicted octanol–water partition coefficient (Wildman–Crippen LogP) is 6.61. The van der Waals surface area contributed by atoms with E-state index in [0.29, 0.717) is 5.69 Å². The number of phenols is 1. The van der Waals surface area contributed by atoms with E-state index in [0.717, 1.165) is 6.42 Å². The van der Waals surface area contributed by atoms with Crippen LogP contribution in [-0.4, -0.2) is 5.11 Å². The van der Waals surface area contributed by atoms with Crippen LogP contribution in [0.3, 0.4) is 0 Å². The average molecular weight is 320 g/mol. The molecule has 0 atom stereocenters. The lowest BCUT2D eigenvalue weighted by Crippen LogP contribution is -1.90. The van der Waals surface area contributed by atoms with Crippen molar-refractivity contribution in [2.75, 3.05) is 5.73 Å². The Hall–Kier alpha value is -1.18. The Bertz CT molecular complexity index is 403. The number of benzene rings is 1. The maximum absolute atomic E-state index is 9.58. The first-order valence-electron chi connectivity index (χ1n) is 9.81. The van der Waals surface area contributed by atoms with Gasteiger partial charge < -0.3 is 10.8 Å². The minimum atomic E-state index is 0.220. The van der Waals surface area contributed by atoms with Gasteiger partial charge in [-0.3, -0.25) is 0 Å². The molecule has 0 saturated heterocycles. The molecule has 132 valence electrons. The number of nitrogens with two attached hydrogens (primary N) is 1. The molecule has 1 rings (SSSR count). The molecule has 0 heterocycles. The Morgan fingerprint density at radius 2 is 1.22 bits per heavy atom. The summed E-state index contributed by atoms with van der Waals surface area (Å²) >= 11 is 0. The Morgan fingerprint density at radius 3 is 1.70 bits per heavy atom. The fourth-order valence-electron chi connectivity index (χ4n) is 3.09. The van der Waals surface area contributed by atoms with E-state index in [2.05, 4.69) is 6.92 Å². The fourth-order valence-corrected chi connectivity index (χ4v) is 3.09. The molecular weight excluding hydrogens is 282 g/mol. The number of rotatable bonds is 14. The van der Waals surface area contributed by atoms with Crippen LogP contribution in [0.25, 0.3) is 0 Å². The van der Waals surface area contributed by atoms with E-state index in [-0.39, 0.29) is 5.75 Å². The van der Waals surface area contributed by atoms with Gasteiger partial charge in [0.25, 0.3) is 0 Å². The highest BCUT2D eigenvalue weighted by Crippen LogP contribution is 2.22. The van der Waals surface area contributed by atoms with E-state index in [1.54, 1.807) is 12.1 Å². The van der Waals surface area contributed by atoms with Crippen molar-refractivity contribution in [2.24, 2.45) is 0 Å². The maximum Gasteiger partial charge on any atom is 0.138 e. The van der Waals surface area contributed by atoms with Crippen LogP contribution in [0, 0.1) is 0 Å². The van der Waals surface area contributed by atoms with Gasteiger partial charge in [0, 0.05) is 0 Å². The quantitative estimate of drug-likeness (QED) is 0.230. The minimum absolute atomic E-state index is 0.220. The minimum Gasteiger partial charge on any atom is -0.506 e. The highest BCUT2D eigenvalue weighted by Gasteiger charge is 1.99. The Kier molecular flexibility index (Phi) is 11.5. The zero-order valence-corrected chi connectivity index (χ0v) is 15.2. The number of hydrogen-bond donors (Lipinski definition) is 2. The number of phenolic OH excluding ortho intramolecular Hbond substituents is 1. The third-order valence-electron chi connectivity index (χ3n) is 4.66. The van der Waals surface area contributed by atoms with Gasteiger partial charge in [-0.1, -0.05) is 90.0 Å². The fraction of sp³-hybridized carbons (Fsp3) is 0.714. The molecular formula is C21H37NO. The highest BCUT2D eigenvalue weighted by molar-refractivity contribution is 5.52. The number of unbranched alkanes of at least 4 members (excludes halogenated alkanes) is 12. The van der Waals surface area contributed by atoms with Crippen LogP contribution in [0.4, 0.5) is 5.69 Å². The summed E-state index contributed by atoms with van der Waals surface area (Å²) in [6.45, 7) is 2.28. The number of aromatic hydroxyl groups is 1. The van der Waals surface area contributed by atoms with Crippen LogP contribution >= 0.6 is 0 Å². The summed E-state index contributed by atoms with van der Waals surface area (Å²) in [6, 6.07) is 5.62. The first-order chi connectivity index (χ1) is 11.2. The standard InChI is InChI=1S/C21H37NO/c1-2-3-4-5-6-7-8-9-10-11-12-13-14-15-19-16-17-20(22)21(23)18-19/h16-18,23H,2-15,22H2,1H3. The molecule has 0 amide bonds. The van der Waals surface area contributed by atoms with Crippen LogP contribution in [0.15, 0.2) is 18.2 Å². The number of aryl methyl sites for hydroxylation is 1. The van der Waals surface area contributed by atoms with Gasteiger partial charge in [-0.15, -0.1) is 0 Å². The molecule has 0 aliphatic rings. The topological polar surface area (TPSA) is 46.2 Å². The smallest absolute Gasteiger partial charge is 0.138 e. The van der Waals surface area contributed by atoms with Gasteiger partial charge in [-0.2, -0.15) is 0 Å². The summed E-state index contributed by atoms with van der Waals surface area (Å²) in [4.78, 5) is 0. The lowest BCUT2D eigenvalue weighted by molar-refractivity contribution is 0.477. The van der Waals surface area contributed by atoms with Gasteiger partial charge in [0.1, 0.15) is 5.75 Å². The summed E-state index contributed by atoms with van der Waals surface area (Å²) in [5, 5.41) is 9.58. The molecule has 0 saturated carbocycles. The van der Waals surface area contributed by atoms with E-state index in [1.807, 2.05) is 6.07 Å². The predicted molar refractivity (Wildman–Crippen MR) is 102 cm³/mol. The summed E-state index contributed by atoms with van der Waals surface area (Å²) < 4.78 is 0.